The van der Waals surface area contributed by atoms with Gasteiger partial charge < -0.3 is 10.1 Å². The van der Waals surface area contributed by atoms with Crippen molar-refractivity contribution in [2.24, 2.45) is 0 Å². The summed E-state index contributed by atoms with van der Waals surface area (Å²) in [6, 6.07) is 1.85. The number of nitrogens with one attached hydrogen (secondary N) is 1. The molecule has 0 saturated heterocycles. The molecule has 1 rings (SSSR count). The summed E-state index contributed by atoms with van der Waals surface area (Å²) in [6.07, 6.45) is 5.29. The number of carbonyl (C=O) groups excluding carboxylic acids is 1. The molecule has 1 aliphatic heterocycles. The first-order chi connectivity index (χ1) is 7.20. The molecule has 1 heterocycles. The topological polar surface area (TPSA) is 62.1 Å². The smallest absolute Gasteiger partial charge is 0.351 e. The van der Waals surface area contributed by atoms with Crippen molar-refractivity contribution in [3.63, 3.8) is 0 Å². The maximum atomic E-state index is 11.4. The molecule has 0 aromatic rings. The molecule has 4 nitrogen and oxygen atoms in total. The number of hydrogen-bond donors (Lipinski definition) is 1. The van der Waals surface area contributed by atoms with E-state index in [1.807, 2.05) is 19.1 Å². The van der Waals surface area contributed by atoms with Crippen LogP contribution in [0.15, 0.2) is 35.2 Å². The van der Waals surface area contributed by atoms with E-state index in [0.29, 0.717) is 5.70 Å². The third kappa shape index (κ3) is 2.47. The Bertz CT molecular complexity index is 397. The Labute approximate surface area is 88.5 Å². The minimum absolute atomic E-state index is 0.00921. The Hall–Kier alpha value is -2.02. The summed E-state index contributed by atoms with van der Waals surface area (Å²) < 4.78 is 4.79. The first kappa shape index (κ1) is 11.1. The number of allylic oxidation sites excluding steroid dienone is 3. The second-order valence-corrected chi connectivity index (χ2v) is 2.94. The number of nitriles is 1. The first-order valence-corrected chi connectivity index (χ1v) is 4.62. The van der Waals surface area contributed by atoms with Gasteiger partial charge in [0.05, 0.1) is 12.3 Å². The molecule has 0 amide bonds. The van der Waals surface area contributed by atoms with Crippen LogP contribution >= 0.6 is 0 Å². The number of esters is 1. The molecular weight excluding hydrogens is 192 g/mol. The maximum Gasteiger partial charge on any atom is 0.351 e. The Morgan fingerprint density at radius 2 is 2.40 bits per heavy atom. The van der Waals surface area contributed by atoms with E-state index in [4.69, 9.17) is 10.00 Å². The van der Waals surface area contributed by atoms with Crippen LogP contribution in [0.25, 0.3) is 0 Å². The largest absolute Gasteiger partial charge is 0.462 e. The van der Waals surface area contributed by atoms with Gasteiger partial charge in [-0.3, -0.25) is 0 Å². The van der Waals surface area contributed by atoms with Crippen LogP contribution in [0.3, 0.4) is 0 Å². The Balaban J connectivity index is 3.05. The Morgan fingerprint density at radius 1 is 1.67 bits per heavy atom. The number of nitrogens with zero attached hydrogens (tertiary/aromatic N) is 1. The van der Waals surface area contributed by atoms with Crippen molar-refractivity contribution < 1.29 is 9.53 Å². The summed E-state index contributed by atoms with van der Waals surface area (Å²) in [5.74, 6) is -0.592. The van der Waals surface area contributed by atoms with Gasteiger partial charge >= 0.3 is 5.97 Å². The van der Waals surface area contributed by atoms with Gasteiger partial charge in [0.2, 0.25) is 0 Å². The molecule has 0 fully saturated rings. The fourth-order valence-electron chi connectivity index (χ4n) is 1.20. The summed E-state index contributed by atoms with van der Waals surface area (Å²) in [6.45, 7) is 3.78. The van der Waals surface area contributed by atoms with Crippen molar-refractivity contribution in [1.82, 2.24) is 5.32 Å². The lowest BCUT2D eigenvalue weighted by Gasteiger charge is -2.13. The van der Waals surface area contributed by atoms with E-state index < -0.39 is 5.97 Å². The molecule has 15 heavy (non-hydrogen) atoms. The summed E-state index contributed by atoms with van der Waals surface area (Å²) in [7, 11) is 0. The molecule has 1 N–H and O–H groups in total. The fraction of sp³-hybridized carbons (Fsp3) is 0.273. The second-order valence-electron chi connectivity index (χ2n) is 2.94. The van der Waals surface area contributed by atoms with Crippen molar-refractivity contribution in [3.8, 4) is 6.07 Å². The molecule has 0 aliphatic carbocycles. The molecule has 0 atom stereocenters. The van der Waals surface area contributed by atoms with E-state index >= 15 is 0 Å². The minimum atomic E-state index is -0.592. The van der Waals surface area contributed by atoms with E-state index in [1.165, 1.54) is 0 Å². The van der Waals surface area contributed by atoms with Crippen LogP contribution in [0.4, 0.5) is 0 Å². The van der Waals surface area contributed by atoms with Crippen LogP contribution < -0.4 is 5.32 Å². The number of dihydropyridines is 1. The SMILES string of the molecule is CCOC(=O)/C(C#N)=C1/NC=CC=C1C. The molecule has 0 aromatic heterocycles. The average Bonchev–Trinajstić information content (AvgIpc) is 2.22. The van der Waals surface area contributed by atoms with E-state index in [-0.39, 0.29) is 12.2 Å². The average molecular weight is 204 g/mol. The van der Waals surface area contributed by atoms with Crippen molar-refractivity contribution in [2.75, 3.05) is 6.61 Å². The molecule has 4 heteroatoms. The minimum Gasteiger partial charge on any atom is -0.462 e. The number of hydrogen-bond acceptors (Lipinski definition) is 4. The molecule has 0 saturated carbocycles. The number of carbonyl (C=O) groups is 1. The first-order valence-electron chi connectivity index (χ1n) is 4.62. The van der Waals surface area contributed by atoms with Crippen LogP contribution in [-0.2, 0) is 9.53 Å². The lowest BCUT2D eigenvalue weighted by atomic mass is 10.1. The quantitative estimate of drug-likeness (QED) is 0.419. The lowest BCUT2D eigenvalue weighted by molar-refractivity contribution is -0.138. The third-order valence-electron chi connectivity index (χ3n) is 1.91. The maximum absolute atomic E-state index is 11.4. The summed E-state index contributed by atoms with van der Waals surface area (Å²) in [5.41, 5.74) is 1.36. The molecule has 0 bridgehead atoms. The zero-order chi connectivity index (χ0) is 11.3. The van der Waals surface area contributed by atoms with Gasteiger partial charge in [0, 0.05) is 6.20 Å². The van der Waals surface area contributed by atoms with Crippen LogP contribution in [-0.4, -0.2) is 12.6 Å². The van der Waals surface area contributed by atoms with Gasteiger partial charge in [0.25, 0.3) is 0 Å². The second kappa shape index (κ2) is 5.01. The van der Waals surface area contributed by atoms with E-state index in [9.17, 15) is 4.79 Å². The third-order valence-corrected chi connectivity index (χ3v) is 1.91. The predicted molar refractivity (Wildman–Crippen MR) is 55.3 cm³/mol. The van der Waals surface area contributed by atoms with Crippen LogP contribution in [0.1, 0.15) is 13.8 Å². The van der Waals surface area contributed by atoms with Gasteiger partial charge in [0.15, 0.2) is 5.57 Å². The van der Waals surface area contributed by atoms with Crippen molar-refractivity contribution in [2.45, 2.75) is 13.8 Å². The molecule has 0 unspecified atom stereocenters. The van der Waals surface area contributed by atoms with Gasteiger partial charge in [-0.25, -0.2) is 4.79 Å². The zero-order valence-electron chi connectivity index (χ0n) is 8.70. The van der Waals surface area contributed by atoms with Gasteiger partial charge in [-0.15, -0.1) is 0 Å². The van der Waals surface area contributed by atoms with Crippen LogP contribution in [0.2, 0.25) is 0 Å². The summed E-state index contributed by atoms with van der Waals surface area (Å²) in [5, 5.41) is 11.8. The highest BCUT2D eigenvalue weighted by Crippen LogP contribution is 2.15. The van der Waals surface area contributed by atoms with Crippen LogP contribution in [0.5, 0.6) is 0 Å². The molecule has 78 valence electrons. The Morgan fingerprint density at radius 3 is 2.93 bits per heavy atom. The molecule has 0 radical (unpaired) electrons. The van der Waals surface area contributed by atoms with Crippen molar-refractivity contribution >= 4 is 5.97 Å². The lowest BCUT2D eigenvalue weighted by Crippen LogP contribution is -2.17. The highest BCUT2D eigenvalue weighted by Gasteiger charge is 2.17. The highest BCUT2D eigenvalue weighted by molar-refractivity contribution is 5.94. The number of rotatable bonds is 2. The van der Waals surface area contributed by atoms with Crippen molar-refractivity contribution in [1.29, 1.82) is 5.26 Å². The molecular formula is C11H12N2O2. The van der Waals surface area contributed by atoms with E-state index in [1.54, 1.807) is 19.2 Å². The Kier molecular flexibility index (Phi) is 3.69. The normalized spacial score (nSPS) is 17.3. The van der Waals surface area contributed by atoms with E-state index in [2.05, 4.69) is 5.32 Å². The van der Waals surface area contributed by atoms with Crippen LogP contribution in [0, 0.1) is 11.3 Å². The highest BCUT2D eigenvalue weighted by atomic mass is 16.5. The molecule has 0 spiro atoms. The van der Waals surface area contributed by atoms with Gasteiger partial charge in [-0.1, -0.05) is 6.08 Å². The van der Waals surface area contributed by atoms with Crippen molar-refractivity contribution in [3.05, 3.63) is 35.2 Å². The zero-order valence-corrected chi connectivity index (χ0v) is 8.70. The monoisotopic (exact) mass is 204 g/mol. The van der Waals surface area contributed by atoms with Gasteiger partial charge in [-0.2, -0.15) is 5.26 Å². The number of ether oxygens (including phenoxy) is 1. The van der Waals surface area contributed by atoms with Gasteiger partial charge in [0.1, 0.15) is 6.07 Å². The summed E-state index contributed by atoms with van der Waals surface area (Å²) in [4.78, 5) is 11.4. The predicted octanol–water partition coefficient (Wildman–Crippen LogP) is 1.39. The fourth-order valence-corrected chi connectivity index (χ4v) is 1.20. The standard InChI is InChI=1S/C11H12N2O2/c1-3-15-11(14)9(7-12)10-8(2)5-4-6-13-10/h4-6,13H,3H2,1-2H3/b10-9+. The molecule has 0 aromatic carbocycles. The summed E-state index contributed by atoms with van der Waals surface area (Å²) >= 11 is 0. The molecule has 1 aliphatic rings. The van der Waals surface area contributed by atoms with E-state index in [0.717, 1.165) is 5.57 Å². The van der Waals surface area contributed by atoms with Gasteiger partial charge in [-0.05, 0) is 25.5 Å².